The molecule has 4 rings (SSSR count). The number of nitrogens with zero attached hydrogens (tertiary/aromatic N) is 3. The molecule has 2 aromatic carbocycles. The van der Waals surface area contributed by atoms with Crippen molar-refractivity contribution in [3.05, 3.63) is 94.2 Å². The summed E-state index contributed by atoms with van der Waals surface area (Å²) >= 11 is 3.43. The van der Waals surface area contributed by atoms with Gasteiger partial charge < -0.3 is 14.6 Å². The number of likely N-dealkylation sites (tertiary alicyclic amines) is 1. The van der Waals surface area contributed by atoms with Gasteiger partial charge in [0.15, 0.2) is 0 Å². The van der Waals surface area contributed by atoms with E-state index in [1.807, 2.05) is 35.0 Å². The first kappa shape index (κ1) is 21.0. The van der Waals surface area contributed by atoms with E-state index in [2.05, 4.69) is 20.9 Å². The number of carbonyl (C=O) groups is 2. The fourth-order valence-corrected chi connectivity index (χ4v) is 4.16. The number of hydrogen-bond donors (Lipinski definition) is 1. The number of aliphatic hydroxyl groups excluding tert-OH is 1. The number of imidazole rings is 1. The number of rotatable bonds is 6. The molecule has 1 aliphatic rings. The fourth-order valence-electron chi connectivity index (χ4n) is 3.74. The summed E-state index contributed by atoms with van der Waals surface area (Å²) in [4.78, 5) is 31.3. The van der Waals surface area contributed by atoms with E-state index in [9.17, 15) is 19.1 Å². The van der Waals surface area contributed by atoms with E-state index >= 15 is 0 Å². The maximum Gasteiger partial charge on any atom is 0.295 e. The van der Waals surface area contributed by atoms with E-state index in [1.165, 1.54) is 29.2 Å². The summed E-state index contributed by atoms with van der Waals surface area (Å²) in [5.41, 5.74) is 0.968. The van der Waals surface area contributed by atoms with Crippen LogP contribution in [0.4, 0.5) is 4.39 Å². The molecule has 158 valence electrons. The molecule has 8 heteroatoms. The molecule has 3 aromatic rings. The number of amides is 1. The minimum absolute atomic E-state index is 0.00246. The Morgan fingerprint density at radius 2 is 1.90 bits per heavy atom. The van der Waals surface area contributed by atoms with Crippen LogP contribution < -0.4 is 0 Å². The van der Waals surface area contributed by atoms with Gasteiger partial charge in [-0.15, -0.1) is 0 Å². The summed E-state index contributed by atoms with van der Waals surface area (Å²) in [6, 6.07) is 11.7. The van der Waals surface area contributed by atoms with Gasteiger partial charge in [-0.1, -0.05) is 28.1 Å². The largest absolute Gasteiger partial charge is 0.507 e. The second-order valence-corrected chi connectivity index (χ2v) is 8.12. The van der Waals surface area contributed by atoms with Crippen molar-refractivity contribution in [2.45, 2.75) is 19.0 Å². The molecule has 1 aromatic heterocycles. The summed E-state index contributed by atoms with van der Waals surface area (Å²) in [6.07, 6.45) is 5.80. The van der Waals surface area contributed by atoms with E-state index in [1.54, 1.807) is 12.5 Å². The normalized spacial score (nSPS) is 18.0. The van der Waals surface area contributed by atoms with Gasteiger partial charge in [0.25, 0.3) is 11.7 Å². The Labute approximate surface area is 186 Å². The Kier molecular flexibility index (Phi) is 5.99. The van der Waals surface area contributed by atoms with Crippen LogP contribution in [0, 0.1) is 5.82 Å². The number of carbonyl (C=O) groups excluding carboxylic acids is 2. The van der Waals surface area contributed by atoms with Crippen LogP contribution in [0.15, 0.2) is 77.3 Å². The van der Waals surface area contributed by atoms with E-state index in [4.69, 9.17) is 0 Å². The van der Waals surface area contributed by atoms with Crippen molar-refractivity contribution >= 4 is 33.4 Å². The van der Waals surface area contributed by atoms with Crippen molar-refractivity contribution in [3.8, 4) is 0 Å². The predicted octanol–water partition coefficient (Wildman–Crippen LogP) is 4.30. The van der Waals surface area contributed by atoms with E-state index in [0.717, 1.165) is 4.47 Å². The topological polar surface area (TPSA) is 75.4 Å². The van der Waals surface area contributed by atoms with Crippen LogP contribution in [-0.2, 0) is 16.1 Å². The summed E-state index contributed by atoms with van der Waals surface area (Å²) in [5, 5.41) is 10.9. The lowest BCUT2D eigenvalue weighted by Gasteiger charge is -2.25. The van der Waals surface area contributed by atoms with Crippen LogP contribution in [0.1, 0.15) is 23.6 Å². The average molecular weight is 484 g/mol. The SMILES string of the molecule is O=C1C(=O)N(CCCn2ccnc2)C(c2cccc(Br)c2)/C1=C(/O)c1ccc(F)cc1. The minimum atomic E-state index is -0.755. The van der Waals surface area contributed by atoms with Gasteiger partial charge in [0.1, 0.15) is 11.6 Å². The van der Waals surface area contributed by atoms with Gasteiger partial charge in [0.2, 0.25) is 0 Å². The number of aromatic nitrogens is 2. The lowest BCUT2D eigenvalue weighted by molar-refractivity contribution is -0.139. The van der Waals surface area contributed by atoms with Crippen molar-refractivity contribution in [2.24, 2.45) is 0 Å². The van der Waals surface area contributed by atoms with Crippen molar-refractivity contribution in [1.29, 1.82) is 0 Å². The van der Waals surface area contributed by atoms with Crippen LogP contribution in [0.2, 0.25) is 0 Å². The van der Waals surface area contributed by atoms with Crippen molar-refractivity contribution in [1.82, 2.24) is 14.5 Å². The van der Waals surface area contributed by atoms with Crippen molar-refractivity contribution in [2.75, 3.05) is 6.54 Å². The maximum atomic E-state index is 13.3. The lowest BCUT2D eigenvalue weighted by atomic mass is 9.95. The first-order chi connectivity index (χ1) is 15.0. The standard InChI is InChI=1S/C23H19BrFN3O3/c24-17-4-1-3-16(13-17)20-19(21(29)15-5-7-18(25)8-6-15)22(30)23(31)28(20)11-2-10-27-12-9-26-14-27/h1,3-9,12-14,20,29H,2,10-11H2/b21-19-. The molecule has 1 aliphatic heterocycles. The van der Waals surface area contributed by atoms with Crippen LogP contribution in [0.25, 0.3) is 5.76 Å². The number of halogens is 2. The number of aryl methyl sites for hydroxylation is 1. The van der Waals surface area contributed by atoms with Crippen LogP contribution >= 0.6 is 15.9 Å². The van der Waals surface area contributed by atoms with Gasteiger partial charge in [-0.2, -0.15) is 0 Å². The quantitative estimate of drug-likeness (QED) is 0.322. The third kappa shape index (κ3) is 4.29. The molecule has 0 spiro atoms. The molecule has 1 saturated heterocycles. The second-order valence-electron chi connectivity index (χ2n) is 7.21. The number of aliphatic hydroxyl groups is 1. The number of Topliss-reactive ketones (excluding diaryl/α,β-unsaturated/α-hetero) is 1. The van der Waals surface area contributed by atoms with Crippen LogP contribution in [0.5, 0.6) is 0 Å². The zero-order chi connectivity index (χ0) is 22.0. The number of benzene rings is 2. The molecular weight excluding hydrogens is 465 g/mol. The van der Waals surface area contributed by atoms with Gasteiger partial charge in [0.05, 0.1) is 17.9 Å². The smallest absolute Gasteiger partial charge is 0.295 e. The summed E-state index contributed by atoms with van der Waals surface area (Å²) < 4.78 is 16.0. The molecule has 0 bridgehead atoms. The Morgan fingerprint density at radius 1 is 1.13 bits per heavy atom. The fraction of sp³-hybridized carbons (Fsp3) is 0.174. The maximum absolute atomic E-state index is 13.3. The third-order valence-corrected chi connectivity index (χ3v) is 5.69. The Morgan fingerprint density at radius 3 is 2.58 bits per heavy atom. The molecule has 1 unspecified atom stereocenters. The molecular formula is C23H19BrFN3O3. The highest BCUT2D eigenvalue weighted by atomic mass is 79.9. The first-order valence-corrected chi connectivity index (χ1v) is 10.5. The Hall–Kier alpha value is -3.26. The van der Waals surface area contributed by atoms with Gasteiger partial charge in [-0.25, -0.2) is 9.37 Å². The molecule has 1 amide bonds. The van der Waals surface area contributed by atoms with E-state index in [0.29, 0.717) is 25.1 Å². The van der Waals surface area contributed by atoms with Gasteiger partial charge in [-0.05, 0) is 48.4 Å². The molecule has 1 fully saturated rings. The molecule has 0 radical (unpaired) electrons. The van der Waals surface area contributed by atoms with Crippen LogP contribution in [0.3, 0.4) is 0 Å². The van der Waals surface area contributed by atoms with Crippen molar-refractivity contribution < 1.29 is 19.1 Å². The highest BCUT2D eigenvalue weighted by molar-refractivity contribution is 9.10. The van der Waals surface area contributed by atoms with E-state index < -0.39 is 23.5 Å². The predicted molar refractivity (Wildman–Crippen MR) is 116 cm³/mol. The zero-order valence-electron chi connectivity index (χ0n) is 16.4. The highest BCUT2D eigenvalue weighted by Gasteiger charge is 2.45. The second kappa shape index (κ2) is 8.85. The highest BCUT2D eigenvalue weighted by Crippen LogP contribution is 2.40. The van der Waals surface area contributed by atoms with Gasteiger partial charge in [0, 0.05) is 35.5 Å². The number of ketones is 1. The molecule has 6 nitrogen and oxygen atoms in total. The first-order valence-electron chi connectivity index (χ1n) is 9.71. The average Bonchev–Trinajstić information content (AvgIpc) is 3.36. The Balaban J connectivity index is 1.73. The molecule has 1 N–H and O–H groups in total. The lowest BCUT2D eigenvalue weighted by Crippen LogP contribution is -2.31. The molecule has 0 saturated carbocycles. The molecule has 31 heavy (non-hydrogen) atoms. The van der Waals surface area contributed by atoms with E-state index in [-0.39, 0.29) is 16.9 Å². The number of hydrogen-bond acceptors (Lipinski definition) is 4. The molecule has 1 atom stereocenters. The van der Waals surface area contributed by atoms with Gasteiger partial charge in [-0.3, -0.25) is 9.59 Å². The zero-order valence-corrected chi connectivity index (χ0v) is 18.0. The monoisotopic (exact) mass is 483 g/mol. The van der Waals surface area contributed by atoms with Crippen molar-refractivity contribution in [3.63, 3.8) is 0 Å². The third-order valence-electron chi connectivity index (χ3n) is 5.20. The Bertz CT molecular complexity index is 1140. The van der Waals surface area contributed by atoms with Crippen LogP contribution in [-0.4, -0.2) is 37.8 Å². The molecule has 0 aliphatic carbocycles. The summed E-state index contributed by atoms with van der Waals surface area (Å²) in [6.45, 7) is 0.951. The van der Waals surface area contributed by atoms with Gasteiger partial charge >= 0.3 is 0 Å². The summed E-state index contributed by atoms with van der Waals surface area (Å²) in [5.74, 6) is -2.20. The molecule has 2 heterocycles. The summed E-state index contributed by atoms with van der Waals surface area (Å²) in [7, 11) is 0. The minimum Gasteiger partial charge on any atom is -0.507 e.